The molecule has 6 heteroatoms. The lowest BCUT2D eigenvalue weighted by Gasteiger charge is -2.36. The van der Waals surface area contributed by atoms with Gasteiger partial charge in [0.1, 0.15) is 0 Å². The van der Waals surface area contributed by atoms with E-state index in [1.165, 1.54) is 0 Å². The highest BCUT2D eigenvalue weighted by Crippen LogP contribution is 2.37. The van der Waals surface area contributed by atoms with E-state index in [2.05, 4.69) is 68.4 Å². The van der Waals surface area contributed by atoms with Gasteiger partial charge in [0.15, 0.2) is 11.7 Å². The van der Waals surface area contributed by atoms with E-state index >= 15 is 0 Å². The molecule has 0 aliphatic carbocycles. The van der Waals surface area contributed by atoms with Gasteiger partial charge in [-0.3, -0.25) is 9.89 Å². The molecule has 1 aromatic carbocycles. The summed E-state index contributed by atoms with van der Waals surface area (Å²) in [6, 6.07) is 6.52. The number of hydrogen-bond acceptors (Lipinski definition) is 5. The molecule has 0 bridgehead atoms. The van der Waals surface area contributed by atoms with Crippen LogP contribution in [0.25, 0.3) is 0 Å². The average Bonchev–Trinajstić information content (AvgIpc) is 2.76. The van der Waals surface area contributed by atoms with E-state index in [-0.39, 0.29) is 6.04 Å². The highest BCUT2D eigenvalue weighted by molar-refractivity contribution is 9.10. The first kappa shape index (κ1) is 14.9. The van der Waals surface area contributed by atoms with Crippen molar-refractivity contribution in [1.82, 2.24) is 10.2 Å². The Balaban J connectivity index is 1.86. The van der Waals surface area contributed by atoms with E-state index in [1.54, 1.807) is 0 Å². The first-order valence-electron chi connectivity index (χ1n) is 8.10. The number of amidine groups is 2. The van der Waals surface area contributed by atoms with Crippen molar-refractivity contribution in [2.75, 3.05) is 31.1 Å². The minimum atomic E-state index is 0.274. The zero-order valence-electron chi connectivity index (χ0n) is 13.2. The van der Waals surface area contributed by atoms with Crippen LogP contribution in [0.3, 0.4) is 0 Å². The van der Waals surface area contributed by atoms with Gasteiger partial charge in [-0.05, 0) is 31.5 Å². The number of nitrogens with zero attached hydrogens (tertiary/aromatic N) is 4. The summed E-state index contributed by atoms with van der Waals surface area (Å²) in [5.41, 5.74) is 2.09. The van der Waals surface area contributed by atoms with Crippen LogP contribution in [0, 0.1) is 0 Å². The van der Waals surface area contributed by atoms with Gasteiger partial charge in [-0.25, -0.2) is 4.99 Å². The van der Waals surface area contributed by atoms with Gasteiger partial charge in [-0.1, -0.05) is 22.0 Å². The Bertz CT molecular complexity index is 703. The third-order valence-electron chi connectivity index (χ3n) is 4.34. The molecule has 4 rings (SSSR count). The standard InChI is InChI=1S/C17H20BrN5/c1-12-3-2-8-23-15-5-4-13(18)11-14(15)21-16(17(23)20-12)22-9-6-19-7-10-22/h2,4-5,8,11-12,19H,3,6-7,9-10H2,1H3. The molecule has 3 aliphatic rings. The Hall–Kier alpha value is -1.66. The first-order chi connectivity index (χ1) is 11.2. The molecule has 0 aromatic heterocycles. The molecule has 0 spiro atoms. The molecule has 1 saturated heterocycles. The summed E-state index contributed by atoms with van der Waals surface area (Å²) in [4.78, 5) is 14.5. The summed E-state index contributed by atoms with van der Waals surface area (Å²) >= 11 is 3.56. The molecule has 0 radical (unpaired) electrons. The number of hydrogen-bond donors (Lipinski definition) is 1. The summed E-state index contributed by atoms with van der Waals surface area (Å²) in [5, 5.41) is 3.40. The van der Waals surface area contributed by atoms with Crippen LogP contribution in [0.4, 0.5) is 11.4 Å². The van der Waals surface area contributed by atoms with Gasteiger partial charge in [-0.15, -0.1) is 0 Å². The maximum atomic E-state index is 4.97. The molecule has 1 N–H and O–H groups in total. The van der Waals surface area contributed by atoms with E-state index in [4.69, 9.17) is 9.98 Å². The molecule has 0 saturated carbocycles. The first-order valence-corrected chi connectivity index (χ1v) is 8.89. The second-order valence-corrected chi connectivity index (χ2v) is 7.01. The third-order valence-corrected chi connectivity index (χ3v) is 4.84. The van der Waals surface area contributed by atoms with Gasteiger partial charge < -0.3 is 10.2 Å². The fraction of sp³-hybridized carbons (Fsp3) is 0.412. The quantitative estimate of drug-likeness (QED) is 0.760. The minimum Gasteiger partial charge on any atom is -0.351 e. The molecule has 1 aromatic rings. The summed E-state index contributed by atoms with van der Waals surface area (Å²) in [7, 11) is 0. The number of halogens is 1. The highest BCUT2D eigenvalue weighted by Gasteiger charge is 2.30. The molecule has 5 nitrogen and oxygen atoms in total. The van der Waals surface area contributed by atoms with Gasteiger partial charge in [-0.2, -0.15) is 0 Å². The maximum absolute atomic E-state index is 4.97. The van der Waals surface area contributed by atoms with Gasteiger partial charge in [0.2, 0.25) is 0 Å². The number of aliphatic imine (C=N–C) groups is 2. The lowest BCUT2D eigenvalue weighted by atomic mass is 10.2. The Morgan fingerprint density at radius 1 is 1.22 bits per heavy atom. The average molecular weight is 374 g/mol. The van der Waals surface area contributed by atoms with E-state index in [9.17, 15) is 0 Å². The van der Waals surface area contributed by atoms with Crippen LogP contribution in [-0.4, -0.2) is 48.8 Å². The Morgan fingerprint density at radius 2 is 2.04 bits per heavy atom. The predicted octanol–water partition coefficient (Wildman–Crippen LogP) is 2.91. The monoisotopic (exact) mass is 373 g/mol. The van der Waals surface area contributed by atoms with E-state index in [1.807, 2.05) is 0 Å². The van der Waals surface area contributed by atoms with Crippen LogP contribution >= 0.6 is 15.9 Å². The fourth-order valence-corrected chi connectivity index (χ4v) is 3.51. The number of rotatable bonds is 0. The van der Waals surface area contributed by atoms with Crippen molar-refractivity contribution in [2.45, 2.75) is 19.4 Å². The Kier molecular flexibility index (Phi) is 3.95. The number of nitrogens with one attached hydrogen (secondary N) is 1. The molecule has 3 aliphatic heterocycles. The molecule has 3 heterocycles. The number of piperazine rings is 1. The molecule has 23 heavy (non-hydrogen) atoms. The smallest absolute Gasteiger partial charge is 0.176 e. The van der Waals surface area contributed by atoms with Crippen molar-refractivity contribution < 1.29 is 0 Å². The molecule has 120 valence electrons. The molecule has 1 unspecified atom stereocenters. The summed E-state index contributed by atoms with van der Waals surface area (Å²) in [6.45, 7) is 6.07. The topological polar surface area (TPSA) is 43.2 Å². The molecule has 1 atom stereocenters. The largest absolute Gasteiger partial charge is 0.351 e. The van der Waals surface area contributed by atoms with Crippen molar-refractivity contribution in [3.63, 3.8) is 0 Å². The normalized spacial score (nSPS) is 23.7. The van der Waals surface area contributed by atoms with Crippen LogP contribution in [0.15, 0.2) is 44.9 Å². The third kappa shape index (κ3) is 2.81. The molecule has 1 fully saturated rings. The summed E-state index contributed by atoms with van der Waals surface area (Å²) in [5.74, 6) is 1.97. The maximum Gasteiger partial charge on any atom is 0.176 e. The van der Waals surface area contributed by atoms with Crippen molar-refractivity contribution in [1.29, 1.82) is 0 Å². The lowest BCUT2D eigenvalue weighted by molar-refractivity contribution is 0.360. The Morgan fingerprint density at radius 3 is 2.87 bits per heavy atom. The van der Waals surface area contributed by atoms with Crippen LogP contribution in [-0.2, 0) is 0 Å². The zero-order valence-corrected chi connectivity index (χ0v) is 14.8. The van der Waals surface area contributed by atoms with Gasteiger partial charge >= 0.3 is 0 Å². The molecule has 0 amide bonds. The van der Waals surface area contributed by atoms with E-state index in [0.717, 1.165) is 60.1 Å². The van der Waals surface area contributed by atoms with Crippen LogP contribution in [0.5, 0.6) is 0 Å². The number of benzene rings is 1. The van der Waals surface area contributed by atoms with Crippen LogP contribution in [0.1, 0.15) is 13.3 Å². The summed E-state index contributed by atoms with van der Waals surface area (Å²) < 4.78 is 1.05. The van der Waals surface area contributed by atoms with E-state index < -0.39 is 0 Å². The van der Waals surface area contributed by atoms with E-state index in [0.29, 0.717) is 0 Å². The van der Waals surface area contributed by atoms with Crippen molar-refractivity contribution in [3.05, 3.63) is 34.9 Å². The molecular weight excluding hydrogens is 354 g/mol. The number of anilines is 1. The van der Waals surface area contributed by atoms with Gasteiger partial charge in [0, 0.05) is 36.9 Å². The summed E-state index contributed by atoms with van der Waals surface area (Å²) in [6.07, 6.45) is 5.31. The SMILES string of the molecule is CC1CC=CN2C(=N1)C(N1CCNCC1)=Nc1cc(Br)ccc12. The zero-order chi connectivity index (χ0) is 15.8. The second kappa shape index (κ2) is 6.09. The number of fused-ring (bicyclic) bond motifs is 3. The van der Waals surface area contributed by atoms with Crippen molar-refractivity contribution >= 4 is 39.0 Å². The fourth-order valence-electron chi connectivity index (χ4n) is 3.16. The van der Waals surface area contributed by atoms with Crippen LogP contribution in [0.2, 0.25) is 0 Å². The van der Waals surface area contributed by atoms with Crippen LogP contribution < -0.4 is 10.2 Å². The second-order valence-electron chi connectivity index (χ2n) is 6.10. The van der Waals surface area contributed by atoms with Crippen molar-refractivity contribution in [2.24, 2.45) is 9.98 Å². The minimum absolute atomic E-state index is 0.274. The van der Waals surface area contributed by atoms with Gasteiger partial charge in [0.05, 0.1) is 17.4 Å². The molecular formula is C17H20BrN5. The highest BCUT2D eigenvalue weighted by atomic mass is 79.9. The predicted molar refractivity (Wildman–Crippen MR) is 98.8 cm³/mol. The van der Waals surface area contributed by atoms with Gasteiger partial charge in [0.25, 0.3) is 0 Å². The Labute approximate surface area is 144 Å². The van der Waals surface area contributed by atoms with Crippen molar-refractivity contribution in [3.8, 4) is 0 Å². The lowest BCUT2D eigenvalue weighted by Crippen LogP contribution is -2.52.